The van der Waals surface area contributed by atoms with Crippen LogP contribution in [0.5, 0.6) is 0 Å². The van der Waals surface area contributed by atoms with Crippen molar-refractivity contribution >= 4 is 22.5 Å². The number of nitrogens with zero attached hydrogens (tertiary/aromatic N) is 2. The lowest BCUT2D eigenvalue weighted by atomic mass is 9.95. The van der Waals surface area contributed by atoms with Gasteiger partial charge in [-0.15, -0.1) is 0 Å². The van der Waals surface area contributed by atoms with Gasteiger partial charge in [0.25, 0.3) is 5.91 Å². The highest BCUT2D eigenvalue weighted by Crippen LogP contribution is 2.28. The lowest BCUT2D eigenvalue weighted by molar-refractivity contribution is 0.102. The summed E-state index contributed by atoms with van der Waals surface area (Å²) >= 11 is 0. The van der Waals surface area contributed by atoms with Crippen molar-refractivity contribution in [3.05, 3.63) is 71.4 Å². The molecule has 2 heterocycles. The molecule has 3 aromatic rings. The van der Waals surface area contributed by atoms with Gasteiger partial charge in [0.05, 0.1) is 11.1 Å². The Morgan fingerprint density at radius 2 is 1.83 bits per heavy atom. The van der Waals surface area contributed by atoms with Crippen LogP contribution in [0.15, 0.2) is 54.6 Å². The lowest BCUT2D eigenvalue weighted by Gasteiger charge is -2.27. The molecule has 1 aliphatic heterocycles. The van der Waals surface area contributed by atoms with E-state index in [1.165, 1.54) is 0 Å². The number of para-hydroxylation sites is 2. The first-order chi connectivity index (χ1) is 11.7. The number of rotatable bonds is 2. The molecule has 0 unspecified atom stereocenters. The van der Waals surface area contributed by atoms with Gasteiger partial charge in [-0.25, -0.2) is 0 Å². The molecular weight excluding hydrogens is 298 g/mol. The topological polar surface area (TPSA) is 45.2 Å². The molecule has 4 heteroatoms. The SMILES string of the molecule is CN1CCc2nc3ccccc3c(C(=O)Nc3ccccc3)c2C1. The summed E-state index contributed by atoms with van der Waals surface area (Å²) in [4.78, 5) is 20.1. The number of hydrogen-bond donors (Lipinski definition) is 1. The molecule has 1 N–H and O–H groups in total. The quantitative estimate of drug-likeness (QED) is 0.787. The molecule has 120 valence electrons. The van der Waals surface area contributed by atoms with E-state index in [-0.39, 0.29) is 5.91 Å². The number of pyridine rings is 1. The van der Waals surface area contributed by atoms with Crippen LogP contribution >= 0.6 is 0 Å². The third-order valence-corrected chi connectivity index (χ3v) is 4.50. The minimum Gasteiger partial charge on any atom is -0.322 e. The molecule has 24 heavy (non-hydrogen) atoms. The van der Waals surface area contributed by atoms with Crippen LogP contribution < -0.4 is 5.32 Å². The molecule has 1 aliphatic rings. The first kappa shape index (κ1) is 14.8. The fourth-order valence-electron chi connectivity index (χ4n) is 3.30. The summed E-state index contributed by atoms with van der Waals surface area (Å²) in [5, 5.41) is 3.95. The number of fused-ring (bicyclic) bond motifs is 2. The molecular formula is C20H19N3O. The molecule has 4 nitrogen and oxygen atoms in total. The standard InChI is InChI=1S/C20H19N3O/c1-23-12-11-18-16(13-23)19(15-9-5-6-10-17(15)22-18)20(24)21-14-7-3-2-4-8-14/h2-10H,11-13H2,1H3,(H,21,24). The van der Waals surface area contributed by atoms with Gasteiger partial charge in [0, 0.05) is 41.8 Å². The van der Waals surface area contributed by atoms with Gasteiger partial charge in [-0.3, -0.25) is 9.78 Å². The van der Waals surface area contributed by atoms with E-state index in [0.29, 0.717) is 0 Å². The summed E-state index contributed by atoms with van der Waals surface area (Å²) in [7, 11) is 2.08. The van der Waals surface area contributed by atoms with Crippen molar-refractivity contribution in [3.8, 4) is 0 Å². The zero-order valence-electron chi connectivity index (χ0n) is 13.6. The number of likely N-dealkylation sites (N-methyl/N-ethyl adjacent to an activating group) is 1. The molecule has 1 amide bonds. The second-order valence-electron chi connectivity index (χ2n) is 6.24. The van der Waals surface area contributed by atoms with Crippen molar-refractivity contribution in [2.45, 2.75) is 13.0 Å². The number of carbonyl (C=O) groups is 1. The Hall–Kier alpha value is -2.72. The van der Waals surface area contributed by atoms with Gasteiger partial charge >= 0.3 is 0 Å². The minimum atomic E-state index is -0.0636. The highest BCUT2D eigenvalue weighted by atomic mass is 16.1. The van der Waals surface area contributed by atoms with E-state index < -0.39 is 0 Å². The Bertz CT molecular complexity index is 905. The Morgan fingerprint density at radius 1 is 1.08 bits per heavy atom. The van der Waals surface area contributed by atoms with Gasteiger partial charge in [-0.2, -0.15) is 0 Å². The Labute approximate surface area is 141 Å². The van der Waals surface area contributed by atoms with Crippen LogP contribution in [0.25, 0.3) is 10.9 Å². The van der Waals surface area contributed by atoms with Gasteiger partial charge in [0.15, 0.2) is 0 Å². The molecule has 0 atom stereocenters. The maximum atomic E-state index is 13.0. The maximum absolute atomic E-state index is 13.0. The van der Waals surface area contributed by atoms with E-state index in [1.54, 1.807) is 0 Å². The van der Waals surface area contributed by atoms with Crippen LogP contribution in [0.4, 0.5) is 5.69 Å². The number of hydrogen-bond acceptors (Lipinski definition) is 3. The van der Waals surface area contributed by atoms with Gasteiger partial charge in [0.2, 0.25) is 0 Å². The average Bonchev–Trinajstić information content (AvgIpc) is 2.60. The van der Waals surface area contributed by atoms with Crippen LogP contribution in [0.3, 0.4) is 0 Å². The fraction of sp³-hybridized carbons (Fsp3) is 0.200. The Morgan fingerprint density at radius 3 is 2.67 bits per heavy atom. The Balaban J connectivity index is 1.86. The molecule has 0 saturated heterocycles. The molecule has 0 aliphatic carbocycles. The smallest absolute Gasteiger partial charge is 0.256 e. The van der Waals surface area contributed by atoms with Crippen molar-refractivity contribution in [3.63, 3.8) is 0 Å². The fourth-order valence-corrected chi connectivity index (χ4v) is 3.30. The van der Waals surface area contributed by atoms with E-state index in [9.17, 15) is 4.79 Å². The normalized spacial score (nSPS) is 14.4. The lowest BCUT2D eigenvalue weighted by Crippen LogP contribution is -2.30. The summed E-state index contributed by atoms with van der Waals surface area (Å²) < 4.78 is 0. The molecule has 0 saturated carbocycles. The molecule has 0 bridgehead atoms. The number of nitrogens with one attached hydrogen (secondary N) is 1. The van der Waals surface area contributed by atoms with Crippen molar-refractivity contribution in [1.29, 1.82) is 0 Å². The van der Waals surface area contributed by atoms with E-state index in [4.69, 9.17) is 4.98 Å². The first-order valence-electron chi connectivity index (χ1n) is 8.18. The minimum absolute atomic E-state index is 0.0636. The van der Waals surface area contributed by atoms with Crippen LogP contribution in [-0.2, 0) is 13.0 Å². The van der Waals surface area contributed by atoms with E-state index in [2.05, 4.69) is 17.3 Å². The largest absolute Gasteiger partial charge is 0.322 e. The molecule has 4 rings (SSSR count). The van der Waals surface area contributed by atoms with Crippen molar-refractivity contribution in [2.24, 2.45) is 0 Å². The van der Waals surface area contributed by atoms with Gasteiger partial charge < -0.3 is 10.2 Å². The molecule has 2 aromatic carbocycles. The monoisotopic (exact) mass is 317 g/mol. The second-order valence-corrected chi connectivity index (χ2v) is 6.24. The van der Waals surface area contributed by atoms with Gasteiger partial charge in [-0.05, 0) is 25.2 Å². The summed E-state index contributed by atoms with van der Waals surface area (Å²) in [5.74, 6) is -0.0636. The van der Waals surface area contributed by atoms with Crippen molar-refractivity contribution in [1.82, 2.24) is 9.88 Å². The highest BCUT2D eigenvalue weighted by molar-refractivity contribution is 6.13. The predicted octanol–water partition coefficient (Wildman–Crippen LogP) is 3.48. The van der Waals surface area contributed by atoms with Crippen LogP contribution in [0, 0.1) is 0 Å². The molecule has 1 aromatic heterocycles. The van der Waals surface area contributed by atoms with E-state index >= 15 is 0 Å². The number of anilines is 1. The molecule has 0 spiro atoms. The van der Waals surface area contributed by atoms with Crippen LogP contribution in [0.1, 0.15) is 21.6 Å². The summed E-state index contributed by atoms with van der Waals surface area (Å²) in [6.45, 7) is 1.72. The van der Waals surface area contributed by atoms with Crippen molar-refractivity contribution < 1.29 is 4.79 Å². The zero-order chi connectivity index (χ0) is 16.5. The van der Waals surface area contributed by atoms with Crippen molar-refractivity contribution in [2.75, 3.05) is 18.9 Å². The van der Waals surface area contributed by atoms with E-state index in [1.807, 2.05) is 54.6 Å². The van der Waals surface area contributed by atoms with Gasteiger partial charge in [0.1, 0.15) is 0 Å². The summed E-state index contributed by atoms with van der Waals surface area (Å²) in [6.07, 6.45) is 0.877. The number of aromatic nitrogens is 1. The van der Waals surface area contributed by atoms with Crippen LogP contribution in [-0.4, -0.2) is 29.4 Å². The Kier molecular flexibility index (Phi) is 3.75. The van der Waals surface area contributed by atoms with E-state index in [0.717, 1.165) is 52.9 Å². The summed E-state index contributed by atoms with van der Waals surface area (Å²) in [6, 6.07) is 17.5. The summed E-state index contributed by atoms with van der Waals surface area (Å²) in [5.41, 5.74) is 4.55. The average molecular weight is 317 g/mol. The number of amides is 1. The van der Waals surface area contributed by atoms with Crippen LogP contribution in [0.2, 0.25) is 0 Å². The third-order valence-electron chi connectivity index (χ3n) is 4.50. The molecule has 0 radical (unpaired) electrons. The zero-order valence-corrected chi connectivity index (χ0v) is 13.6. The molecule has 0 fully saturated rings. The number of carbonyl (C=O) groups excluding carboxylic acids is 1. The van der Waals surface area contributed by atoms with Gasteiger partial charge in [-0.1, -0.05) is 36.4 Å². The maximum Gasteiger partial charge on any atom is 0.256 e. The predicted molar refractivity (Wildman–Crippen MR) is 96.2 cm³/mol. The first-order valence-corrected chi connectivity index (χ1v) is 8.18. The third kappa shape index (κ3) is 2.65. The number of benzene rings is 2. The highest BCUT2D eigenvalue weighted by Gasteiger charge is 2.24. The second kappa shape index (κ2) is 6.06.